The molecule has 1 aliphatic carbocycles. The van der Waals surface area contributed by atoms with Crippen molar-refractivity contribution in [3.05, 3.63) is 0 Å². The van der Waals surface area contributed by atoms with Crippen molar-refractivity contribution < 1.29 is 4.74 Å². The Balaban J connectivity index is 1.45. The lowest BCUT2D eigenvalue weighted by atomic mass is 9.66. The minimum atomic E-state index is 0.747. The largest absolute Gasteiger partial charge is 0.381 e. The Labute approximate surface area is 119 Å². The summed E-state index contributed by atoms with van der Waals surface area (Å²) in [6.45, 7) is 10.6. The van der Waals surface area contributed by atoms with Crippen LogP contribution >= 0.6 is 0 Å². The van der Waals surface area contributed by atoms with Gasteiger partial charge in [0.25, 0.3) is 0 Å². The first-order chi connectivity index (χ1) is 9.24. The zero-order chi connectivity index (χ0) is 13.6. The fourth-order valence-electron chi connectivity index (χ4n) is 3.71. The summed E-state index contributed by atoms with van der Waals surface area (Å²) in [5, 5.41) is 0. The molecule has 1 heterocycles. The van der Waals surface area contributed by atoms with Crippen LogP contribution in [0.4, 0.5) is 0 Å². The number of hydrogen-bond acceptors (Lipinski definition) is 2. The van der Waals surface area contributed by atoms with Gasteiger partial charge in [-0.25, -0.2) is 0 Å². The Morgan fingerprint density at radius 3 is 2.47 bits per heavy atom. The first-order valence-electron chi connectivity index (χ1n) is 8.54. The monoisotopic (exact) mass is 267 g/mol. The Morgan fingerprint density at radius 2 is 1.79 bits per heavy atom. The highest BCUT2D eigenvalue weighted by molar-refractivity contribution is 4.97. The first kappa shape index (κ1) is 15.3. The van der Waals surface area contributed by atoms with Gasteiger partial charge in [-0.05, 0) is 56.4 Å². The standard InChI is InChI=1S/C17H33NO/c1-3-12-19-13-6-4-5-11-18-14-17(15-18)9-7-16(2)8-10-17/h16H,3-15H2,1-2H3. The van der Waals surface area contributed by atoms with Gasteiger partial charge < -0.3 is 9.64 Å². The molecule has 2 rings (SSSR count). The van der Waals surface area contributed by atoms with Gasteiger partial charge in [-0.2, -0.15) is 0 Å². The van der Waals surface area contributed by atoms with Crippen LogP contribution in [0.3, 0.4) is 0 Å². The van der Waals surface area contributed by atoms with Crippen LogP contribution in [0.2, 0.25) is 0 Å². The Kier molecular flexibility index (Phi) is 6.15. The van der Waals surface area contributed by atoms with Crippen molar-refractivity contribution in [3.8, 4) is 0 Å². The minimum absolute atomic E-state index is 0.747. The smallest absolute Gasteiger partial charge is 0.0466 e. The van der Waals surface area contributed by atoms with Crippen LogP contribution in [0, 0.1) is 11.3 Å². The van der Waals surface area contributed by atoms with Crippen molar-refractivity contribution >= 4 is 0 Å². The summed E-state index contributed by atoms with van der Waals surface area (Å²) in [7, 11) is 0. The third-order valence-electron chi connectivity index (χ3n) is 5.06. The van der Waals surface area contributed by atoms with Crippen molar-refractivity contribution in [1.29, 1.82) is 0 Å². The van der Waals surface area contributed by atoms with Crippen LogP contribution in [-0.4, -0.2) is 37.7 Å². The lowest BCUT2D eigenvalue weighted by Crippen LogP contribution is -2.57. The molecule has 2 fully saturated rings. The predicted molar refractivity (Wildman–Crippen MR) is 81.5 cm³/mol. The fraction of sp³-hybridized carbons (Fsp3) is 1.00. The van der Waals surface area contributed by atoms with Crippen LogP contribution in [-0.2, 0) is 4.74 Å². The van der Waals surface area contributed by atoms with E-state index in [4.69, 9.17) is 4.74 Å². The number of likely N-dealkylation sites (tertiary alicyclic amines) is 1. The first-order valence-corrected chi connectivity index (χ1v) is 8.54. The second-order valence-corrected chi connectivity index (χ2v) is 7.07. The molecule has 19 heavy (non-hydrogen) atoms. The van der Waals surface area contributed by atoms with Gasteiger partial charge in [-0.15, -0.1) is 0 Å². The third-order valence-corrected chi connectivity index (χ3v) is 5.06. The van der Waals surface area contributed by atoms with Gasteiger partial charge in [0, 0.05) is 26.3 Å². The zero-order valence-electron chi connectivity index (χ0n) is 13.1. The molecule has 0 unspecified atom stereocenters. The molecule has 0 atom stereocenters. The summed E-state index contributed by atoms with van der Waals surface area (Å²) >= 11 is 0. The third kappa shape index (κ3) is 4.75. The van der Waals surface area contributed by atoms with Gasteiger partial charge >= 0.3 is 0 Å². The van der Waals surface area contributed by atoms with Crippen molar-refractivity contribution in [3.63, 3.8) is 0 Å². The lowest BCUT2D eigenvalue weighted by molar-refractivity contribution is -0.0370. The number of nitrogens with zero attached hydrogens (tertiary/aromatic N) is 1. The van der Waals surface area contributed by atoms with Gasteiger partial charge in [-0.3, -0.25) is 0 Å². The zero-order valence-corrected chi connectivity index (χ0v) is 13.1. The Hall–Kier alpha value is -0.0800. The Morgan fingerprint density at radius 1 is 1.05 bits per heavy atom. The van der Waals surface area contributed by atoms with Gasteiger partial charge in [0.1, 0.15) is 0 Å². The van der Waals surface area contributed by atoms with Crippen LogP contribution in [0.1, 0.15) is 65.2 Å². The van der Waals surface area contributed by atoms with E-state index in [1.54, 1.807) is 0 Å². The molecule has 2 nitrogen and oxygen atoms in total. The van der Waals surface area contributed by atoms with Crippen LogP contribution in [0.5, 0.6) is 0 Å². The van der Waals surface area contributed by atoms with E-state index in [1.807, 2.05) is 0 Å². The second kappa shape index (κ2) is 7.64. The highest BCUT2D eigenvalue weighted by Crippen LogP contribution is 2.45. The van der Waals surface area contributed by atoms with Crippen molar-refractivity contribution in [2.45, 2.75) is 65.2 Å². The highest BCUT2D eigenvalue weighted by Gasteiger charge is 2.43. The van der Waals surface area contributed by atoms with Crippen LogP contribution < -0.4 is 0 Å². The maximum absolute atomic E-state index is 5.52. The van der Waals surface area contributed by atoms with E-state index < -0.39 is 0 Å². The molecule has 0 radical (unpaired) electrons. The second-order valence-electron chi connectivity index (χ2n) is 7.07. The maximum atomic E-state index is 5.52. The number of ether oxygens (including phenoxy) is 1. The molecule has 0 aromatic carbocycles. The quantitative estimate of drug-likeness (QED) is 0.614. The highest BCUT2D eigenvalue weighted by atomic mass is 16.5. The molecule has 112 valence electrons. The van der Waals surface area contributed by atoms with E-state index in [2.05, 4.69) is 18.7 Å². The average Bonchev–Trinajstić information content (AvgIpc) is 2.38. The Bertz CT molecular complexity index is 238. The van der Waals surface area contributed by atoms with E-state index >= 15 is 0 Å². The normalized spacial score (nSPS) is 23.7. The van der Waals surface area contributed by atoms with Crippen molar-refractivity contribution in [2.24, 2.45) is 11.3 Å². The SMILES string of the molecule is CCCOCCCCCN1CC2(CCC(C)CC2)C1. The molecule has 1 spiro atoms. The molecule has 0 aromatic rings. The van der Waals surface area contributed by atoms with E-state index in [0.29, 0.717) is 0 Å². The summed E-state index contributed by atoms with van der Waals surface area (Å²) in [6, 6.07) is 0. The molecule has 0 aromatic heterocycles. The minimum Gasteiger partial charge on any atom is -0.381 e. The molecule has 2 heteroatoms. The molecule has 1 saturated carbocycles. The number of rotatable bonds is 8. The molecule has 0 bridgehead atoms. The fourth-order valence-corrected chi connectivity index (χ4v) is 3.71. The van der Waals surface area contributed by atoms with Crippen LogP contribution in [0.15, 0.2) is 0 Å². The van der Waals surface area contributed by atoms with Crippen molar-refractivity contribution in [1.82, 2.24) is 4.90 Å². The molecule has 0 N–H and O–H groups in total. The summed E-state index contributed by atoms with van der Waals surface area (Å²) in [6.07, 6.45) is 11.0. The summed E-state index contributed by atoms with van der Waals surface area (Å²) in [4.78, 5) is 2.68. The predicted octanol–water partition coefficient (Wildman–Crippen LogP) is 4.10. The van der Waals surface area contributed by atoms with Gasteiger partial charge in [-0.1, -0.05) is 26.7 Å². The average molecular weight is 267 g/mol. The van der Waals surface area contributed by atoms with Gasteiger partial charge in [0.2, 0.25) is 0 Å². The summed E-state index contributed by atoms with van der Waals surface area (Å²) < 4.78 is 5.52. The summed E-state index contributed by atoms with van der Waals surface area (Å²) in [5.74, 6) is 0.989. The molecular formula is C17H33NO. The summed E-state index contributed by atoms with van der Waals surface area (Å²) in [5.41, 5.74) is 0.747. The van der Waals surface area contributed by atoms with E-state index in [0.717, 1.165) is 31.0 Å². The van der Waals surface area contributed by atoms with E-state index in [-0.39, 0.29) is 0 Å². The molecule has 0 amide bonds. The lowest BCUT2D eigenvalue weighted by Gasteiger charge is -2.53. The van der Waals surface area contributed by atoms with Crippen LogP contribution in [0.25, 0.3) is 0 Å². The van der Waals surface area contributed by atoms with Gasteiger partial charge in [0.15, 0.2) is 0 Å². The number of hydrogen-bond donors (Lipinski definition) is 0. The van der Waals surface area contributed by atoms with E-state index in [1.165, 1.54) is 64.6 Å². The molecule has 1 saturated heterocycles. The number of unbranched alkanes of at least 4 members (excludes halogenated alkanes) is 2. The van der Waals surface area contributed by atoms with Crippen molar-refractivity contribution in [2.75, 3.05) is 32.8 Å². The molecular weight excluding hydrogens is 234 g/mol. The van der Waals surface area contributed by atoms with E-state index in [9.17, 15) is 0 Å². The molecule has 1 aliphatic heterocycles. The van der Waals surface area contributed by atoms with Gasteiger partial charge in [0.05, 0.1) is 0 Å². The topological polar surface area (TPSA) is 12.5 Å². The maximum Gasteiger partial charge on any atom is 0.0466 e. The molecule has 2 aliphatic rings.